The van der Waals surface area contributed by atoms with Crippen LogP contribution in [0, 0.1) is 5.92 Å². The van der Waals surface area contributed by atoms with E-state index < -0.39 is 0 Å². The summed E-state index contributed by atoms with van der Waals surface area (Å²) in [5.41, 5.74) is 2.58. The van der Waals surface area contributed by atoms with Gasteiger partial charge in [-0.05, 0) is 24.6 Å². The number of pyridine rings is 1. The Morgan fingerprint density at radius 3 is 3.00 bits per heavy atom. The van der Waals surface area contributed by atoms with E-state index in [1.54, 1.807) is 6.20 Å². The van der Waals surface area contributed by atoms with Crippen molar-refractivity contribution in [1.29, 1.82) is 0 Å². The summed E-state index contributed by atoms with van der Waals surface area (Å²) >= 11 is 0. The van der Waals surface area contributed by atoms with Crippen molar-refractivity contribution in [3.05, 3.63) is 54.2 Å². The first kappa shape index (κ1) is 16.8. The van der Waals surface area contributed by atoms with Gasteiger partial charge in [-0.15, -0.1) is 0 Å². The average molecular weight is 353 g/mol. The molecule has 1 fully saturated rings. The van der Waals surface area contributed by atoms with Gasteiger partial charge in [-0.3, -0.25) is 13.9 Å². The molecule has 1 amide bonds. The number of hydrogen-bond donors (Lipinski definition) is 0. The van der Waals surface area contributed by atoms with Crippen LogP contribution in [0.3, 0.4) is 0 Å². The lowest BCUT2D eigenvalue weighted by atomic mass is 9.92. The third-order valence-corrected chi connectivity index (χ3v) is 5.06. The first-order valence-corrected chi connectivity index (χ1v) is 8.95. The van der Waals surface area contributed by atoms with Gasteiger partial charge in [-0.2, -0.15) is 5.10 Å². The Morgan fingerprint density at radius 2 is 2.23 bits per heavy atom. The fourth-order valence-electron chi connectivity index (χ4n) is 3.77. The molecular weight excluding hydrogens is 330 g/mol. The number of carbonyl (C=O) groups is 1. The molecule has 0 aromatic carbocycles. The SMILES string of the molecule is CCOC[C@@H]1CN(C(=O)c2cccc3nccn23)C[C@H]1c1cnn(C)c1. The highest BCUT2D eigenvalue weighted by Crippen LogP contribution is 2.33. The number of aryl methyl sites for hydroxylation is 1. The summed E-state index contributed by atoms with van der Waals surface area (Å²) in [5.74, 6) is 0.535. The molecule has 1 saturated heterocycles. The second kappa shape index (κ2) is 6.92. The topological polar surface area (TPSA) is 64.7 Å². The Labute approximate surface area is 152 Å². The van der Waals surface area contributed by atoms with E-state index in [2.05, 4.69) is 10.1 Å². The summed E-state index contributed by atoms with van der Waals surface area (Å²) in [4.78, 5) is 19.4. The fourth-order valence-corrected chi connectivity index (χ4v) is 3.77. The van der Waals surface area contributed by atoms with E-state index >= 15 is 0 Å². The largest absolute Gasteiger partial charge is 0.381 e. The van der Waals surface area contributed by atoms with E-state index in [0.29, 0.717) is 32.0 Å². The zero-order chi connectivity index (χ0) is 18.1. The van der Waals surface area contributed by atoms with Crippen LogP contribution >= 0.6 is 0 Å². The van der Waals surface area contributed by atoms with Crippen molar-refractivity contribution in [2.75, 3.05) is 26.3 Å². The van der Waals surface area contributed by atoms with Crippen LogP contribution in [0.5, 0.6) is 0 Å². The number of fused-ring (bicyclic) bond motifs is 1. The van der Waals surface area contributed by atoms with Crippen LogP contribution in [0.15, 0.2) is 43.0 Å². The van der Waals surface area contributed by atoms with Gasteiger partial charge in [-0.25, -0.2) is 4.98 Å². The monoisotopic (exact) mass is 353 g/mol. The average Bonchev–Trinajstić information content (AvgIpc) is 3.37. The zero-order valence-electron chi connectivity index (χ0n) is 15.1. The second-order valence-corrected chi connectivity index (χ2v) is 6.75. The molecule has 3 aromatic rings. The van der Waals surface area contributed by atoms with Crippen LogP contribution in [-0.2, 0) is 11.8 Å². The van der Waals surface area contributed by atoms with Crippen LogP contribution in [0.1, 0.15) is 28.9 Å². The maximum Gasteiger partial charge on any atom is 0.270 e. The molecule has 7 nitrogen and oxygen atoms in total. The molecule has 1 aliphatic heterocycles. The number of amides is 1. The zero-order valence-corrected chi connectivity index (χ0v) is 15.1. The molecule has 0 saturated carbocycles. The van der Waals surface area contributed by atoms with Gasteiger partial charge in [-0.1, -0.05) is 6.07 Å². The van der Waals surface area contributed by atoms with Crippen molar-refractivity contribution in [3.63, 3.8) is 0 Å². The normalized spacial score (nSPS) is 20.2. The summed E-state index contributed by atoms with van der Waals surface area (Å²) in [7, 11) is 1.92. The Kier molecular flexibility index (Phi) is 4.46. The maximum absolute atomic E-state index is 13.2. The number of carbonyl (C=O) groups excluding carboxylic acids is 1. The van der Waals surface area contributed by atoms with Gasteiger partial charge >= 0.3 is 0 Å². The third kappa shape index (κ3) is 2.99. The maximum atomic E-state index is 13.2. The molecule has 0 radical (unpaired) electrons. The summed E-state index contributed by atoms with van der Waals surface area (Å²) in [5, 5.41) is 4.30. The van der Waals surface area contributed by atoms with Crippen molar-refractivity contribution in [2.45, 2.75) is 12.8 Å². The molecule has 0 aliphatic carbocycles. The van der Waals surface area contributed by atoms with Crippen LogP contribution in [0.4, 0.5) is 0 Å². The molecule has 0 unspecified atom stereocenters. The first-order chi connectivity index (χ1) is 12.7. The molecule has 0 bridgehead atoms. The Bertz CT molecular complexity index is 915. The molecule has 7 heteroatoms. The highest BCUT2D eigenvalue weighted by atomic mass is 16.5. The van der Waals surface area contributed by atoms with Gasteiger partial charge in [0, 0.05) is 57.2 Å². The van der Waals surface area contributed by atoms with Crippen molar-refractivity contribution >= 4 is 11.6 Å². The van der Waals surface area contributed by atoms with E-state index in [0.717, 1.165) is 11.2 Å². The van der Waals surface area contributed by atoms with E-state index in [9.17, 15) is 4.79 Å². The lowest BCUT2D eigenvalue weighted by Gasteiger charge is -2.17. The minimum Gasteiger partial charge on any atom is -0.381 e. The Hall–Kier alpha value is -2.67. The van der Waals surface area contributed by atoms with Crippen molar-refractivity contribution < 1.29 is 9.53 Å². The number of hydrogen-bond acceptors (Lipinski definition) is 4. The summed E-state index contributed by atoms with van der Waals surface area (Å²) in [6.07, 6.45) is 7.48. The predicted molar refractivity (Wildman–Crippen MR) is 97.0 cm³/mol. The summed E-state index contributed by atoms with van der Waals surface area (Å²) < 4.78 is 9.34. The molecule has 3 aromatic heterocycles. The smallest absolute Gasteiger partial charge is 0.270 e. The lowest BCUT2D eigenvalue weighted by molar-refractivity contribution is 0.0755. The van der Waals surface area contributed by atoms with E-state index in [-0.39, 0.29) is 17.7 Å². The Morgan fingerprint density at radius 1 is 1.35 bits per heavy atom. The molecule has 26 heavy (non-hydrogen) atoms. The number of imidazole rings is 1. The van der Waals surface area contributed by atoms with Gasteiger partial charge < -0.3 is 9.64 Å². The predicted octanol–water partition coefficient (Wildman–Crippen LogP) is 1.96. The standard InChI is InChI=1S/C19H23N5O2/c1-3-26-13-15-11-23(12-16(15)14-9-21-22(2)10-14)19(25)17-5-4-6-18-20-7-8-24(17)18/h4-10,15-16H,3,11-13H2,1-2H3/t15-,16-/m0/s1. The van der Waals surface area contributed by atoms with Crippen LogP contribution in [0.2, 0.25) is 0 Å². The summed E-state index contributed by atoms with van der Waals surface area (Å²) in [6, 6.07) is 5.63. The first-order valence-electron chi connectivity index (χ1n) is 8.95. The number of nitrogens with zero attached hydrogens (tertiary/aromatic N) is 5. The number of likely N-dealkylation sites (tertiary alicyclic amines) is 1. The number of rotatable bonds is 5. The lowest BCUT2D eigenvalue weighted by Crippen LogP contribution is -2.30. The van der Waals surface area contributed by atoms with E-state index in [1.807, 2.05) is 64.7 Å². The summed E-state index contributed by atoms with van der Waals surface area (Å²) in [6.45, 7) is 4.68. The van der Waals surface area contributed by atoms with Crippen molar-refractivity contribution in [1.82, 2.24) is 24.1 Å². The molecule has 2 atom stereocenters. The molecule has 0 N–H and O–H groups in total. The number of ether oxygens (including phenoxy) is 1. The van der Waals surface area contributed by atoms with Crippen molar-refractivity contribution in [2.24, 2.45) is 13.0 Å². The van der Waals surface area contributed by atoms with Crippen molar-refractivity contribution in [3.8, 4) is 0 Å². The van der Waals surface area contributed by atoms with Gasteiger partial charge in [0.05, 0.1) is 12.8 Å². The van der Waals surface area contributed by atoms with Gasteiger partial charge in [0.2, 0.25) is 0 Å². The van der Waals surface area contributed by atoms with Crippen LogP contribution in [-0.4, -0.2) is 56.3 Å². The molecule has 136 valence electrons. The highest BCUT2D eigenvalue weighted by molar-refractivity contribution is 5.93. The number of aromatic nitrogens is 4. The van der Waals surface area contributed by atoms with E-state index in [1.165, 1.54) is 0 Å². The van der Waals surface area contributed by atoms with Gasteiger partial charge in [0.15, 0.2) is 0 Å². The van der Waals surface area contributed by atoms with Crippen LogP contribution in [0.25, 0.3) is 5.65 Å². The fraction of sp³-hybridized carbons (Fsp3) is 0.421. The minimum absolute atomic E-state index is 0.0292. The molecule has 0 spiro atoms. The quantitative estimate of drug-likeness (QED) is 0.703. The molecule has 4 heterocycles. The highest BCUT2D eigenvalue weighted by Gasteiger charge is 2.37. The van der Waals surface area contributed by atoms with Gasteiger partial charge in [0.1, 0.15) is 11.3 Å². The molecular formula is C19H23N5O2. The Balaban J connectivity index is 1.60. The van der Waals surface area contributed by atoms with Crippen LogP contribution < -0.4 is 0 Å². The molecule has 4 rings (SSSR count). The van der Waals surface area contributed by atoms with E-state index in [4.69, 9.17) is 4.74 Å². The minimum atomic E-state index is 0.0292. The van der Waals surface area contributed by atoms with Gasteiger partial charge in [0.25, 0.3) is 5.91 Å². The molecule has 1 aliphatic rings. The third-order valence-electron chi connectivity index (χ3n) is 5.06. The second-order valence-electron chi connectivity index (χ2n) is 6.75.